The van der Waals surface area contributed by atoms with Gasteiger partial charge >= 0.3 is 0 Å². The van der Waals surface area contributed by atoms with Crippen LogP contribution in [0.3, 0.4) is 0 Å². The van der Waals surface area contributed by atoms with Crippen molar-refractivity contribution in [3.05, 3.63) is 17.2 Å². The highest BCUT2D eigenvalue weighted by Crippen LogP contribution is 2.09. The third kappa shape index (κ3) is 2.10. The molecule has 3 nitrogen and oxygen atoms in total. The van der Waals surface area contributed by atoms with E-state index in [1.54, 1.807) is 0 Å². The molecule has 0 aliphatic rings. The third-order valence-corrected chi connectivity index (χ3v) is 2.51. The van der Waals surface area contributed by atoms with Crippen LogP contribution in [0.1, 0.15) is 24.1 Å². The van der Waals surface area contributed by atoms with Gasteiger partial charge in [-0.2, -0.15) is 0 Å². The van der Waals surface area contributed by atoms with Crippen molar-refractivity contribution in [2.45, 2.75) is 26.7 Å². The van der Waals surface area contributed by atoms with Gasteiger partial charge in [-0.25, -0.2) is 4.98 Å². The van der Waals surface area contributed by atoms with E-state index < -0.39 is 0 Å². The number of nitrogens with one attached hydrogen (secondary N) is 1. The Bertz CT molecular complexity index is 276. The van der Waals surface area contributed by atoms with E-state index in [-0.39, 0.29) is 0 Å². The van der Waals surface area contributed by atoms with Gasteiger partial charge in [0.05, 0.1) is 5.69 Å². The molecule has 3 heteroatoms. The average molecular weight is 181 g/mol. The number of rotatable bonds is 4. The summed E-state index contributed by atoms with van der Waals surface area (Å²) in [5, 5.41) is 3.14. The van der Waals surface area contributed by atoms with E-state index in [1.165, 1.54) is 17.2 Å². The van der Waals surface area contributed by atoms with Gasteiger partial charge in [-0.15, -0.1) is 0 Å². The van der Waals surface area contributed by atoms with Crippen molar-refractivity contribution >= 4 is 0 Å². The van der Waals surface area contributed by atoms with E-state index in [2.05, 4.69) is 35.8 Å². The van der Waals surface area contributed by atoms with Gasteiger partial charge in [-0.1, -0.05) is 6.92 Å². The lowest BCUT2D eigenvalue weighted by atomic mass is 10.3. The van der Waals surface area contributed by atoms with Crippen LogP contribution < -0.4 is 5.32 Å². The Morgan fingerprint density at radius 1 is 1.46 bits per heavy atom. The first-order valence-corrected chi connectivity index (χ1v) is 4.86. The van der Waals surface area contributed by atoms with Crippen molar-refractivity contribution < 1.29 is 0 Å². The van der Waals surface area contributed by atoms with Crippen molar-refractivity contribution in [2.75, 3.05) is 13.6 Å². The largest absolute Gasteiger partial charge is 0.335 e. The number of hydrogen-bond acceptors (Lipinski definition) is 2. The summed E-state index contributed by atoms with van der Waals surface area (Å²) in [6.45, 7) is 5.28. The van der Waals surface area contributed by atoms with Gasteiger partial charge in [0.25, 0.3) is 0 Å². The maximum atomic E-state index is 4.59. The maximum Gasteiger partial charge on any atom is 0.110 e. The fourth-order valence-corrected chi connectivity index (χ4v) is 1.49. The number of nitrogens with zero attached hydrogens (tertiary/aromatic N) is 2. The Balaban J connectivity index is 2.82. The van der Waals surface area contributed by atoms with E-state index in [4.69, 9.17) is 0 Å². The topological polar surface area (TPSA) is 29.9 Å². The zero-order valence-electron chi connectivity index (χ0n) is 9.02. The Hall–Kier alpha value is -0.830. The molecule has 13 heavy (non-hydrogen) atoms. The molecule has 0 saturated heterocycles. The molecule has 0 aliphatic heterocycles. The zero-order valence-corrected chi connectivity index (χ0v) is 9.02. The van der Waals surface area contributed by atoms with Gasteiger partial charge in [-0.05, 0) is 20.4 Å². The van der Waals surface area contributed by atoms with Crippen LogP contribution in [-0.2, 0) is 19.9 Å². The van der Waals surface area contributed by atoms with Crippen LogP contribution in [0.25, 0.3) is 0 Å². The fourth-order valence-electron chi connectivity index (χ4n) is 1.49. The minimum atomic E-state index is 0.993. The molecular weight excluding hydrogens is 162 g/mol. The molecule has 0 aliphatic carbocycles. The van der Waals surface area contributed by atoms with Crippen LogP contribution in [0.4, 0.5) is 0 Å². The van der Waals surface area contributed by atoms with Gasteiger partial charge in [0.2, 0.25) is 0 Å². The molecule has 0 spiro atoms. The summed E-state index contributed by atoms with van der Waals surface area (Å²) in [7, 11) is 4.06. The Labute approximate surface area is 80.2 Å². The van der Waals surface area contributed by atoms with Crippen molar-refractivity contribution in [2.24, 2.45) is 7.05 Å². The zero-order chi connectivity index (χ0) is 9.84. The summed E-state index contributed by atoms with van der Waals surface area (Å²) >= 11 is 0. The standard InChI is InChI=1S/C10H19N3/c1-5-9-8(2)13(4)10(12-9)6-7-11-3/h11H,5-7H2,1-4H3. The predicted molar refractivity (Wildman–Crippen MR) is 55.0 cm³/mol. The molecule has 0 fully saturated rings. The van der Waals surface area contributed by atoms with Gasteiger partial charge in [0, 0.05) is 25.7 Å². The normalized spacial score (nSPS) is 10.8. The molecule has 0 radical (unpaired) electrons. The minimum absolute atomic E-state index is 0.993. The smallest absolute Gasteiger partial charge is 0.110 e. The van der Waals surface area contributed by atoms with Crippen molar-refractivity contribution in [1.29, 1.82) is 0 Å². The molecule has 1 N–H and O–H groups in total. The second kappa shape index (κ2) is 4.42. The molecule has 74 valence electrons. The van der Waals surface area contributed by atoms with E-state index in [1.807, 2.05) is 7.05 Å². The van der Waals surface area contributed by atoms with Crippen molar-refractivity contribution in [3.8, 4) is 0 Å². The summed E-state index contributed by atoms with van der Waals surface area (Å²) < 4.78 is 2.19. The fraction of sp³-hybridized carbons (Fsp3) is 0.700. The Kier molecular flexibility index (Phi) is 3.48. The Morgan fingerprint density at radius 2 is 2.15 bits per heavy atom. The number of likely N-dealkylation sites (N-methyl/N-ethyl adjacent to an activating group) is 1. The number of aryl methyl sites for hydroxylation is 1. The van der Waals surface area contributed by atoms with E-state index in [9.17, 15) is 0 Å². The van der Waals surface area contributed by atoms with Crippen LogP contribution in [0, 0.1) is 6.92 Å². The summed E-state index contributed by atoms with van der Waals surface area (Å²) in [6.07, 6.45) is 2.03. The van der Waals surface area contributed by atoms with Crippen LogP contribution in [-0.4, -0.2) is 23.1 Å². The summed E-state index contributed by atoms with van der Waals surface area (Å²) in [5.74, 6) is 1.18. The van der Waals surface area contributed by atoms with Crippen LogP contribution in [0.5, 0.6) is 0 Å². The second-order valence-electron chi connectivity index (χ2n) is 3.33. The first kappa shape index (κ1) is 10.3. The molecule has 0 amide bonds. The molecular formula is C10H19N3. The first-order valence-electron chi connectivity index (χ1n) is 4.86. The highest BCUT2D eigenvalue weighted by molar-refractivity contribution is 5.15. The average Bonchev–Trinajstić information content (AvgIpc) is 2.41. The number of imidazole rings is 1. The molecule has 1 aromatic heterocycles. The molecule has 0 saturated carbocycles. The highest BCUT2D eigenvalue weighted by atomic mass is 15.1. The van der Waals surface area contributed by atoms with Crippen LogP contribution in [0.2, 0.25) is 0 Å². The van der Waals surface area contributed by atoms with E-state index in [0.717, 1.165) is 19.4 Å². The van der Waals surface area contributed by atoms with Gasteiger partial charge in [0.15, 0.2) is 0 Å². The second-order valence-corrected chi connectivity index (χ2v) is 3.33. The number of hydrogen-bond donors (Lipinski definition) is 1. The monoisotopic (exact) mass is 181 g/mol. The van der Waals surface area contributed by atoms with Crippen molar-refractivity contribution in [3.63, 3.8) is 0 Å². The SMILES string of the molecule is CCc1nc(CCNC)n(C)c1C. The molecule has 1 heterocycles. The summed E-state index contributed by atoms with van der Waals surface area (Å²) in [6, 6.07) is 0. The predicted octanol–water partition coefficient (Wildman–Crippen LogP) is 1.05. The van der Waals surface area contributed by atoms with Crippen molar-refractivity contribution in [1.82, 2.24) is 14.9 Å². The molecule has 0 atom stereocenters. The minimum Gasteiger partial charge on any atom is -0.335 e. The van der Waals surface area contributed by atoms with Crippen LogP contribution in [0.15, 0.2) is 0 Å². The van der Waals surface area contributed by atoms with Crippen LogP contribution >= 0.6 is 0 Å². The third-order valence-electron chi connectivity index (χ3n) is 2.51. The van der Waals surface area contributed by atoms with Gasteiger partial charge in [0.1, 0.15) is 5.82 Å². The number of aromatic nitrogens is 2. The van der Waals surface area contributed by atoms with E-state index in [0.29, 0.717) is 0 Å². The lowest BCUT2D eigenvalue weighted by molar-refractivity contribution is 0.710. The molecule has 1 rings (SSSR count). The highest BCUT2D eigenvalue weighted by Gasteiger charge is 2.08. The lowest BCUT2D eigenvalue weighted by Crippen LogP contribution is -2.13. The first-order chi connectivity index (χ1) is 6.20. The summed E-state index contributed by atoms with van der Waals surface area (Å²) in [4.78, 5) is 4.59. The Morgan fingerprint density at radius 3 is 2.62 bits per heavy atom. The van der Waals surface area contributed by atoms with Gasteiger partial charge in [-0.3, -0.25) is 0 Å². The summed E-state index contributed by atoms with van der Waals surface area (Å²) in [5.41, 5.74) is 2.53. The molecule has 0 aromatic carbocycles. The van der Waals surface area contributed by atoms with E-state index >= 15 is 0 Å². The molecule has 0 bridgehead atoms. The molecule has 1 aromatic rings. The maximum absolute atomic E-state index is 4.59. The quantitative estimate of drug-likeness (QED) is 0.752. The molecule has 0 unspecified atom stereocenters. The lowest BCUT2D eigenvalue weighted by Gasteiger charge is -2.01. The van der Waals surface area contributed by atoms with Gasteiger partial charge < -0.3 is 9.88 Å².